The molecule has 6 nitrogen and oxygen atoms in total. The summed E-state index contributed by atoms with van der Waals surface area (Å²) in [5.41, 5.74) is 10.2. The number of benzene rings is 2. The molecule has 5 aromatic heterocycles. The Labute approximate surface area is 325 Å². The molecule has 0 aliphatic rings. The van der Waals surface area contributed by atoms with Crippen LogP contribution in [0.3, 0.4) is 0 Å². The zero-order valence-corrected chi connectivity index (χ0v) is 37.0. The Morgan fingerprint density at radius 1 is 0.846 bits per heavy atom. The van der Waals surface area contributed by atoms with E-state index < -0.39 is 13.3 Å². The number of hydrogen-bond donors (Lipinski definition) is 0. The summed E-state index contributed by atoms with van der Waals surface area (Å²) in [4.78, 5) is 18.7. The standard InChI is InChI=1S/C23H21N4O.C21H30GeN.Ir/c1-13-11-18-20(14(2)25-13)27(23(3,4)5)21(26-18)15-8-9-16-17-7-6-10-24-22(17)28-19(16)12-15;1-7-21(3,8-2)15-18-14-20(17-12-10-9-11-13-17)23-16-19(18)22(4,5)6;/h6-7,9-12H,1-5H3;9-12,14,16H,7-8,15H2,1-6H3;/q2*-1;. The largest absolute Gasteiger partial charge is 0.458 e. The maximum absolute atomic E-state index is 5.98. The number of furan rings is 1. The summed E-state index contributed by atoms with van der Waals surface area (Å²) in [7, 11) is 0. The molecular formula is C44H51GeIrN5O-2. The van der Waals surface area contributed by atoms with Crippen molar-refractivity contribution in [3.05, 3.63) is 102 Å². The van der Waals surface area contributed by atoms with E-state index in [1.165, 1.54) is 18.4 Å². The summed E-state index contributed by atoms with van der Waals surface area (Å²) in [6.07, 6.45) is 7.49. The van der Waals surface area contributed by atoms with Crippen molar-refractivity contribution in [3.63, 3.8) is 0 Å². The maximum Gasteiger partial charge on any atom is 0.215 e. The van der Waals surface area contributed by atoms with Gasteiger partial charge in [0.25, 0.3) is 0 Å². The van der Waals surface area contributed by atoms with Crippen molar-refractivity contribution in [1.29, 1.82) is 0 Å². The molecule has 1 radical (unpaired) electrons. The zero-order chi connectivity index (χ0) is 36.7. The second kappa shape index (κ2) is 15.4. The molecule has 0 saturated carbocycles. The van der Waals surface area contributed by atoms with Crippen LogP contribution in [-0.2, 0) is 32.1 Å². The van der Waals surface area contributed by atoms with Crippen LogP contribution >= 0.6 is 0 Å². The molecule has 0 saturated heterocycles. The second-order valence-electron chi connectivity index (χ2n) is 16.2. The molecule has 52 heavy (non-hydrogen) atoms. The van der Waals surface area contributed by atoms with E-state index in [-0.39, 0.29) is 25.6 Å². The average Bonchev–Trinajstić information content (AvgIpc) is 3.67. The Hall–Kier alpha value is -3.65. The number of aryl methyl sites for hydroxylation is 2. The first kappa shape index (κ1) is 39.6. The number of aromatic nitrogens is 5. The summed E-state index contributed by atoms with van der Waals surface area (Å²) in [6, 6.07) is 27.2. The van der Waals surface area contributed by atoms with Crippen LogP contribution in [0.2, 0.25) is 17.3 Å². The van der Waals surface area contributed by atoms with Gasteiger partial charge in [0.05, 0.1) is 28.1 Å². The van der Waals surface area contributed by atoms with Crippen LogP contribution < -0.4 is 4.40 Å². The van der Waals surface area contributed by atoms with Gasteiger partial charge in [-0.25, -0.2) is 4.98 Å². The molecule has 0 bridgehead atoms. The van der Waals surface area contributed by atoms with Gasteiger partial charge in [-0.3, -0.25) is 9.97 Å². The molecule has 7 aromatic rings. The summed E-state index contributed by atoms with van der Waals surface area (Å²) in [5, 5.41) is 2.01. The number of rotatable bonds is 7. The van der Waals surface area contributed by atoms with Gasteiger partial charge in [-0.15, -0.1) is 17.7 Å². The van der Waals surface area contributed by atoms with Gasteiger partial charge in [0.2, 0.25) is 5.71 Å². The average molecular weight is 931 g/mol. The minimum absolute atomic E-state index is 0. The minimum Gasteiger partial charge on any atom is -0.458 e. The van der Waals surface area contributed by atoms with Crippen LogP contribution in [0.1, 0.15) is 71.3 Å². The van der Waals surface area contributed by atoms with Gasteiger partial charge in [0, 0.05) is 42.9 Å². The predicted molar refractivity (Wildman–Crippen MR) is 215 cm³/mol. The fourth-order valence-corrected chi connectivity index (χ4v) is 10.2. The third kappa shape index (κ3) is 8.12. The Balaban J connectivity index is 0.000000202. The molecule has 273 valence electrons. The van der Waals surface area contributed by atoms with Crippen LogP contribution in [0.15, 0.2) is 77.5 Å². The quantitative estimate of drug-likeness (QED) is 0.118. The molecule has 0 atom stereocenters. The number of hydrogen-bond acceptors (Lipinski definition) is 5. The number of nitrogens with zero attached hydrogens (tertiary/aromatic N) is 5. The van der Waals surface area contributed by atoms with E-state index in [1.807, 2.05) is 56.3 Å². The normalized spacial score (nSPS) is 12.2. The van der Waals surface area contributed by atoms with E-state index in [0.717, 1.165) is 67.8 Å². The van der Waals surface area contributed by atoms with Crippen LogP contribution in [0.4, 0.5) is 0 Å². The van der Waals surface area contributed by atoms with Crippen molar-refractivity contribution in [2.24, 2.45) is 5.41 Å². The third-order valence-corrected chi connectivity index (χ3v) is 14.5. The molecule has 5 heterocycles. The smallest absolute Gasteiger partial charge is 0.215 e. The topological polar surface area (TPSA) is 69.6 Å². The maximum atomic E-state index is 5.98. The van der Waals surface area contributed by atoms with Crippen LogP contribution in [-0.4, -0.2) is 37.8 Å². The summed E-state index contributed by atoms with van der Waals surface area (Å²) < 4.78 is 9.78. The summed E-state index contributed by atoms with van der Waals surface area (Å²) >= 11 is -1.93. The minimum atomic E-state index is -1.93. The monoisotopic (exact) mass is 932 g/mol. The summed E-state index contributed by atoms with van der Waals surface area (Å²) in [5.74, 6) is 8.26. The van der Waals surface area contributed by atoms with Crippen molar-refractivity contribution in [2.75, 3.05) is 0 Å². The van der Waals surface area contributed by atoms with Crippen LogP contribution in [0.25, 0.3) is 55.7 Å². The molecule has 0 N–H and O–H groups in total. The Kier molecular flexibility index (Phi) is 11.7. The zero-order valence-electron chi connectivity index (χ0n) is 32.5. The second-order valence-corrected chi connectivity index (χ2v) is 26.8. The molecule has 0 fully saturated rings. The first-order chi connectivity index (χ1) is 24.1. The third-order valence-electron chi connectivity index (χ3n) is 10.1. The van der Waals surface area contributed by atoms with E-state index in [4.69, 9.17) is 14.4 Å². The molecule has 0 amide bonds. The Morgan fingerprint density at radius 2 is 1.60 bits per heavy atom. The van der Waals surface area contributed by atoms with E-state index in [1.54, 1.807) is 10.6 Å². The first-order valence-corrected chi connectivity index (χ1v) is 25.5. The molecule has 7 rings (SSSR count). The number of imidazole rings is 1. The van der Waals surface area contributed by atoms with E-state index in [2.05, 4.69) is 110 Å². The molecule has 8 heteroatoms. The first-order valence-electron chi connectivity index (χ1n) is 18.1. The van der Waals surface area contributed by atoms with Gasteiger partial charge in [-0.1, -0.05) is 17.5 Å². The van der Waals surface area contributed by atoms with Crippen molar-refractivity contribution < 1.29 is 24.5 Å². The molecule has 2 aromatic carbocycles. The molecule has 0 spiro atoms. The Morgan fingerprint density at radius 3 is 2.25 bits per heavy atom. The van der Waals surface area contributed by atoms with E-state index >= 15 is 0 Å². The number of fused-ring (bicyclic) bond motifs is 4. The predicted octanol–water partition coefficient (Wildman–Crippen LogP) is 11.0. The van der Waals surface area contributed by atoms with Gasteiger partial charge in [-0.05, 0) is 46.8 Å². The van der Waals surface area contributed by atoms with Crippen LogP contribution in [0, 0.1) is 31.4 Å². The fourth-order valence-electron chi connectivity index (χ4n) is 6.92. The van der Waals surface area contributed by atoms with Gasteiger partial charge in [0.1, 0.15) is 0 Å². The fraction of sp³-hybridized carbons (Fsp3) is 0.364. The Bertz CT molecular complexity index is 2330. The van der Waals surface area contributed by atoms with E-state index in [9.17, 15) is 0 Å². The van der Waals surface area contributed by atoms with Gasteiger partial charge >= 0.3 is 145 Å². The summed E-state index contributed by atoms with van der Waals surface area (Å²) in [6.45, 7) is 17.6. The molecule has 0 aliphatic carbocycles. The van der Waals surface area contributed by atoms with Crippen molar-refractivity contribution in [3.8, 4) is 22.6 Å². The van der Waals surface area contributed by atoms with Crippen LogP contribution in [0.5, 0.6) is 0 Å². The van der Waals surface area contributed by atoms with Gasteiger partial charge < -0.3 is 8.98 Å². The molecular weight excluding hydrogens is 879 g/mol. The SMILES string of the molecule is CCC(C)(CC)Cc1cc(-c2[c-]cccc2)nc[c]1[Ge]([CH3])([CH3])[CH3].Cc1cc2nc(-c3[c-]cc4c(c3)oc3ncccc34)n(C(C)(C)C)c2c(C)n1.[Ir]. The van der Waals surface area contributed by atoms with Crippen molar-refractivity contribution in [2.45, 2.75) is 97.5 Å². The van der Waals surface area contributed by atoms with Gasteiger partial charge in [0.15, 0.2) is 0 Å². The van der Waals surface area contributed by atoms with E-state index in [0.29, 0.717) is 11.1 Å². The van der Waals surface area contributed by atoms with Crippen molar-refractivity contribution >= 4 is 50.8 Å². The van der Waals surface area contributed by atoms with Crippen molar-refractivity contribution in [1.82, 2.24) is 24.5 Å². The number of pyridine rings is 3. The molecule has 0 aliphatic heterocycles. The van der Waals surface area contributed by atoms with Gasteiger partial charge in [-0.2, -0.15) is 0 Å². The molecule has 0 unspecified atom stereocenters.